The molecular formula is C21H24O3. The molecule has 2 aromatic rings. The smallest absolute Gasteiger partial charge is 0.338 e. The van der Waals surface area contributed by atoms with Gasteiger partial charge in [0.2, 0.25) is 0 Å². The van der Waals surface area contributed by atoms with E-state index in [1.807, 2.05) is 68.5 Å². The Bertz CT molecular complexity index is 662. The van der Waals surface area contributed by atoms with Crippen molar-refractivity contribution >= 4 is 11.5 Å². The predicted octanol–water partition coefficient (Wildman–Crippen LogP) is 4.33. The fourth-order valence-corrected chi connectivity index (χ4v) is 2.48. The van der Waals surface area contributed by atoms with Gasteiger partial charge in [0, 0.05) is 6.61 Å². The number of carbonyl (C=O) groups excluding carboxylic acids is 1. The van der Waals surface area contributed by atoms with E-state index in [9.17, 15) is 9.90 Å². The molecule has 0 spiro atoms. The lowest BCUT2D eigenvalue weighted by Crippen LogP contribution is -2.20. The number of hydrogen-bond donors (Lipinski definition) is 1. The van der Waals surface area contributed by atoms with Gasteiger partial charge in [0.15, 0.2) is 0 Å². The molecule has 0 fully saturated rings. The van der Waals surface area contributed by atoms with Crippen molar-refractivity contribution in [1.29, 1.82) is 0 Å². The Hall–Kier alpha value is -2.39. The molecule has 0 aliphatic heterocycles. The number of aliphatic hydroxyl groups is 1. The number of ether oxygens (including phenoxy) is 1. The minimum absolute atomic E-state index is 0.0541. The molecule has 0 saturated heterocycles. The summed E-state index contributed by atoms with van der Waals surface area (Å²) in [5.74, 6) is -0.291. The maximum absolute atomic E-state index is 12.3. The summed E-state index contributed by atoms with van der Waals surface area (Å²) in [6, 6.07) is 18.9. The fourth-order valence-electron chi connectivity index (χ4n) is 2.48. The number of hydrogen-bond acceptors (Lipinski definition) is 3. The van der Waals surface area contributed by atoms with Gasteiger partial charge in [0.1, 0.15) is 6.10 Å². The van der Waals surface area contributed by atoms with Crippen LogP contribution in [0.25, 0.3) is 5.57 Å². The fraction of sp³-hybridized carbons (Fsp3) is 0.286. The van der Waals surface area contributed by atoms with E-state index < -0.39 is 0 Å². The monoisotopic (exact) mass is 324 g/mol. The summed E-state index contributed by atoms with van der Waals surface area (Å²) in [5, 5.41) is 9.32. The van der Waals surface area contributed by atoms with Crippen LogP contribution in [-0.2, 0) is 4.74 Å². The lowest BCUT2D eigenvalue weighted by Gasteiger charge is -2.19. The minimum Gasteiger partial charge on any atom is -0.455 e. The molecule has 126 valence electrons. The van der Waals surface area contributed by atoms with Crippen LogP contribution < -0.4 is 0 Å². The van der Waals surface area contributed by atoms with E-state index >= 15 is 0 Å². The number of esters is 1. The first-order chi connectivity index (χ1) is 11.6. The minimum atomic E-state index is -0.375. The van der Waals surface area contributed by atoms with Crippen LogP contribution in [0.5, 0.6) is 0 Å². The highest BCUT2D eigenvalue weighted by molar-refractivity contribution is 5.89. The van der Waals surface area contributed by atoms with E-state index in [0.717, 1.165) is 11.1 Å². The van der Waals surface area contributed by atoms with Crippen molar-refractivity contribution in [2.45, 2.75) is 26.4 Å². The van der Waals surface area contributed by atoms with E-state index in [0.29, 0.717) is 12.0 Å². The molecule has 0 amide bonds. The Morgan fingerprint density at radius 1 is 1.04 bits per heavy atom. The van der Waals surface area contributed by atoms with Gasteiger partial charge in [-0.05, 0) is 48.6 Å². The summed E-state index contributed by atoms with van der Waals surface area (Å²) in [5.41, 5.74) is 2.67. The van der Waals surface area contributed by atoms with Gasteiger partial charge in [-0.3, -0.25) is 0 Å². The molecule has 0 aliphatic rings. The van der Waals surface area contributed by atoms with Crippen LogP contribution in [0.3, 0.4) is 0 Å². The first-order valence-corrected chi connectivity index (χ1v) is 8.21. The van der Waals surface area contributed by atoms with Gasteiger partial charge in [-0.1, -0.05) is 55.5 Å². The molecule has 0 saturated carbocycles. The largest absolute Gasteiger partial charge is 0.455 e. The Morgan fingerprint density at radius 3 is 2.12 bits per heavy atom. The molecule has 24 heavy (non-hydrogen) atoms. The van der Waals surface area contributed by atoms with Crippen molar-refractivity contribution in [3.63, 3.8) is 0 Å². The second-order valence-corrected chi connectivity index (χ2v) is 6.05. The zero-order chi connectivity index (χ0) is 17.4. The third-order valence-electron chi connectivity index (χ3n) is 3.88. The van der Waals surface area contributed by atoms with Crippen molar-refractivity contribution in [2.24, 2.45) is 5.92 Å². The zero-order valence-electron chi connectivity index (χ0n) is 14.2. The lowest BCUT2D eigenvalue weighted by molar-refractivity contribution is 0.0335. The molecule has 0 bridgehead atoms. The molecule has 3 nitrogen and oxygen atoms in total. The second-order valence-electron chi connectivity index (χ2n) is 6.05. The van der Waals surface area contributed by atoms with Crippen LogP contribution in [0.15, 0.2) is 66.7 Å². The average molecular weight is 324 g/mol. The first kappa shape index (κ1) is 18.0. The Balaban J connectivity index is 2.17. The SMILES string of the molecule is C/C(=C\C(C[C@H](C)CO)OC(=O)c1ccccc1)c1ccccc1. The number of aliphatic hydroxyl groups excluding tert-OH is 1. The maximum atomic E-state index is 12.3. The Morgan fingerprint density at radius 2 is 1.58 bits per heavy atom. The molecule has 2 aromatic carbocycles. The molecular weight excluding hydrogens is 300 g/mol. The standard InChI is InChI=1S/C21H24O3/c1-16(15-22)13-20(14-17(2)18-9-5-3-6-10-18)24-21(23)19-11-7-4-8-12-19/h3-12,14,16,20,22H,13,15H2,1-2H3/b17-14+/t16-,20?/m0/s1. The Labute approximate surface area is 143 Å². The molecule has 0 aromatic heterocycles. The third kappa shape index (κ3) is 5.36. The Kier molecular flexibility index (Phi) is 6.76. The average Bonchev–Trinajstić information content (AvgIpc) is 2.62. The summed E-state index contributed by atoms with van der Waals surface area (Å²) in [4.78, 5) is 12.3. The van der Waals surface area contributed by atoms with E-state index in [-0.39, 0.29) is 24.6 Å². The molecule has 0 aliphatic carbocycles. The van der Waals surface area contributed by atoms with Crippen LogP contribution in [0.4, 0.5) is 0 Å². The van der Waals surface area contributed by atoms with Gasteiger partial charge < -0.3 is 9.84 Å². The lowest BCUT2D eigenvalue weighted by atomic mass is 10.00. The van der Waals surface area contributed by atoms with Gasteiger partial charge >= 0.3 is 5.97 Å². The molecule has 0 radical (unpaired) electrons. The van der Waals surface area contributed by atoms with Gasteiger partial charge in [-0.15, -0.1) is 0 Å². The summed E-state index contributed by atoms with van der Waals surface area (Å²) in [7, 11) is 0. The molecule has 1 N–H and O–H groups in total. The third-order valence-corrected chi connectivity index (χ3v) is 3.88. The highest BCUT2D eigenvalue weighted by Crippen LogP contribution is 2.19. The van der Waals surface area contributed by atoms with Crippen LogP contribution >= 0.6 is 0 Å². The highest BCUT2D eigenvalue weighted by atomic mass is 16.5. The summed E-state index contributed by atoms with van der Waals surface area (Å²) >= 11 is 0. The van der Waals surface area contributed by atoms with Crippen molar-refractivity contribution in [3.05, 3.63) is 77.9 Å². The van der Waals surface area contributed by atoms with Crippen molar-refractivity contribution in [2.75, 3.05) is 6.61 Å². The number of benzene rings is 2. The molecule has 0 heterocycles. The van der Waals surface area contributed by atoms with Gasteiger partial charge in [-0.25, -0.2) is 4.79 Å². The van der Waals surface area contributed by atoms with Crippen LogP contribution in [-0.4, -0.2) is 23.8 Å². The van der Waals surface area contributed by atoms with Crippen molar-refractivity contribution < 1.29 is 14.6 Å². The van der Waals surface area contributed by atoms with Crippen LogP contribution in [0.1, 0.15) is 36.2 Å². The van der Waals surface area contributed by atoms with Gasteiger partial charge in [0.25, 0.3) is 0 Å². The van der Waals surface area contributed by atoms with Crippen LogP contribution in [0.2, 0.25) is 0 Å². The quantitative estimate of drug-likeness (QED) is 0.771. The maximum Gasteiger partial charge on any atom is 0.338 e. The van der Waals surface area contributed by atoms with E-state index in [1.165, 1.54) is 0 Å². The molecule has 1 unspecified atom stereocenters. The van der Waals surface area contributed by atoms with Crippen molar-refractivity contribution in [1.82, 2.24) is 0 Å². The summed E-state index contributed by atoms with van der Waals surface area (Å²) in [6.07, 6.45) is 2.17. The molecule has 2 atom stereocenters. The van der Waals surface area contributed by atoms with Gasteiger partial charge in [0.05, 0.1) is 5.56 Å². The van der Waals surface area contributed by atoms with Crippen LogP contribution in [0, 0.1) is 5.92 Å². The number of carbonyl (C=O) groups is 1. The second kappa shape index (κ2) is 9.04. The predicted molar refractivity (Wildman–Crippen MR) is 96.6 cm³/mol. The molecule has 3 heteroatoms. The van der Waals surface area contributed by atoms with E-state index in [4.69, 9.17) is 4.74 Å². The summed E-state index contributed by atoms with van der Waals surface area (Å²) < 4.78 is 5.67. The number of rotatable bonds is 7. The first-order valence-electron chi connectivity index (χ1n) is 8.21. The number of allylic oxidation sites excluding steroid dienone is 1. The van der Waals surface area contributed by atoms with E-state index in [2.05, 4.69) is 0 Å². The van der Waals surface area contributed by atoms with Crippen molar-refractivity contribution in [3.8, 4) is 0 Å². The van der Waals surface area contributed by atoms with E-state index in [1.54, 1.807) is 12.1 Å². The normalized spacial score (nSPS) is 14.0. The molecule has 2 rings (SSSR count). The zero-order valence-corrected chi connectivity index (χ0v) is 14.2. The van der Waals surface area contributed by atoms with Gasteiger partial charge in [-0.2, -0.15) is 0 Å². The summed E-state index contributed by atoms with van der Waals surface area (Å²) in [6.45, 7) is 4.01. The topological polar surface area (TPSA) is 46.5 Å². The highest BCUT2D eigenvalue weighted by Gasteiger charge is 2.17.